The zero-order valence-electron chi connectivity index (χ0n) is 11.8. The summed E-state index contributed by atoms with van der Waals surface area (Å²) in [5.41, 5.74) is 2.10. The summed E-state index contributed by atoms with van der Waals surface area (Å²) in [4.78, 5) is 24.9. The van der Waals surface area contributed by atoms with Crippen LogP contribution in [-0.4, -0.2) is 35.1 Å². The Morgan fingerprint density at radius 3 is 2.26 bits per heavy atom. The van der Waals surface area contributed by atoms with Crippen molar-refractivity contribution in [1.29, 1.82) is 0 Å². The van der Waals surface area contributed by atoms with Gasteiger partial charge in [-0.25, -0.2) is 9.59 Å². The van der Waals surface area contributed by atoms with E-state index in [1.807, 2.05) is 26.8 Å². The summed E-state index contributed by atoms with van der Waals surface area (Å²) in [5, 5.41) is 11.9. The SMILES string of the molecule is CCN(CC)C(=O)Nc1c(C)cc(C)cc1C(=O)O. The molecule has 5 nitrogen and oxygen atoms in total. The van der Waals surface area contributed by atoms with Crippen LogP contribution in [0.3, 0.4) is 0 Å². The van der Waals surface area contributed by atoms with E-state index in [1.165, 1.54) is 0 Å². The van der Waals surface area contributed by atoms with Crippen LogP contribution in [-0.2, 0) is 0 Å². The molecule has 19 heavy (non-hydrogen) atoms. The van der Waals surface area contributed by atoms with E-state index >= 15 is 0 Å². The average molecular weight is 264 g/mol. The molecule has 0 spiro atoms. The molecule has 0 saturated carbocycles. The van der Waals surface area contributed by atoms with Gasteiger partial charge in [0.25, 0.3) is 0 Å². The van der Waals surface area contributed by atoms with Crippen molar-refractivity contribution < 1.29 is 14.7 Å². The topological polar surface area (TPSA) is 69.6 Å². The predicted molar refractivity (Wildman–Crippen MR) is 74.8 cm³/mol. The van der Waals surface area contributed by atoms with Crippen LogP contribution in [0.4, 0.5) is 10.5 Å². The number of rotatable bonds is 4. The Balaban J connectivity index is 3.13. The van der Waals surface area contributed by atoms with Crippen molar-refractivity contribution in [2.45, 2.75) is 27.7 Å². The largest absolute Gasteiger partial charge is 0.478 e. The molecule has 0 fully saturated rings. The zero-order chi connectivity index (χ0) is 14.6. The lowest BCUT2D eigenvalue weighted by Gasteiger charge is -2.21. The first-order valence-corrected chi connectivity index (χ1v) is 6.31. The zero-order valence-corrected chi connectivity index (χ0v) is 11.8. The summed E-state index contributed by atoms with van der Waals surface area (Å²) in [5.74, 6) is -1.04. The molecule has 2 amide bonds. The van der Waals surface area contributed by atoms with Crippen LogP contribution >= 0.6 is 0 Å². The van der Waals surface area contributed by atoms with Crippen molar-refractivity contribution in [3.05, 3.63) is 28.8 Å². The molecular weight excluding hydrogens is 244 g/mol. The van der Waals surface area contributed by atoms with E-state index < -0.39 is 5.97 Å². The first-order chi connectivity index (χ1) is 8.90. The highest BCUT2D eigenvalue weighted by molar-refractivity contribution is 6.01. The van der Waals surface area contributed by atoms with Crippen LogP contribution in [0.2, 0.25) is 0 Å². The van der Waals surface area contributed by atoms with Crippen molar-refractivity contribution in [3.8, 4) is 0 Å². The van der Waals surface area contributed by atoms with E-state index in [4.69, 9.17) is 0 Å². The van der Waals surface area contributed by atoms with Gasteiger partial charge in [-0.05, 0) is 44.9 Å². The Morgan fingerprint density at radius 2 is 1.79 bits per heavy atom. The maximum absolute atomic E-state index is 12.0. The summed E-state index contributed by atoms with van der Waals surface area (Å²) < 4.78 is 0. The van der Waals surface area contributed by atoms with Crippen LogP contribution < -0.4 is 5.32 Å². The van der Waals surface area contributed by atoms with Gasteiger partial charge >= 0.3 is 12.0 Å². The number of benzene rings is 1. The average Bonchev–Trinajstić information content (AvgIpc) is 2.33. The number of hydrogen-bond donors (Lipinski definition) is 2. The third-order valence-electron chi connectivity index (χ3n) is 2.99. The minimum atomic E-state index is -1.04. The number of urea groups is 1. The molecule has 0 aromatic heterocycles. The minimum Gasteiger partial charge on any atom is -0.478 e. The van der Waals surface area contributed by atoms with Gasteiger partial charge in [-0.2, -0.15) is 0 Å². The fourth-order valence-corrected chi connectivity index (χ4v) is 2.00. The molecule has 2 N–H and O–H groups in total. The van der Waals surface area contributed by atoms with Gasteiger partial charge in [0.15, 0.2) is 0 Å². The molecule has 0 heterocycles. The Kier molecular flexibility index (Phi) is 4.92. The number of nitrogens with zero attached hydrogens (tertiary/aromatic N) is 1. The fourth-order valence-electron chi connectivity index (χ4n) is 2.00. The number of carboxylic acids is 1. The highest BCUT2D eigenvalue weighted by atomic mass is 16.4. The van der Waals surface area contributed by atoms with Crippen LogP contribution in [0.1, 0.15) is 35.3 Å². The number of anilines is 1. The quantitative estimate of drug-likeness (QED) is 0.878. The molecule has 0 saturated heterocycles. The number of aryl methyl sites for hydroxylation is 2. The first-order valence-electron chi connectivity index (χ1n) is 6.31. The maximum atomic E-state index is 12.0. The van der Waals surface area contributed by atoms with E-state index in [0.717, 1.165) is 11.1 Å². The Labute approximate surface area is 113 Å². The van der Waals surface area contributed by atoms with Gasteiger partial charge in [0.1, 0.15) is 0 Å². The molecule has 1 aromatic rings. The third-order valence-corrected chi connectivity index (χ3v) is 2.99. The maximum Gasteiger partial charge on any atom is 0.337 e. The Hall–Kier alpha value is -2.04. The number of carboxylic acid groups (broad SMARTS) is 1. The van der Waals surface area contributed by atoms with Crippen LogP contribution in [0.25, 0.3) is 0 Å². The summed E-state index contributed by atoms with van der Waals surface area (Å²) in [7, 11) is 0. The molecule has 0 aliphatic carbocycles. The van der Waals surface area contributed by atoms with Gasteiger partial charge in [-0.3, -0.25) is 0 Å². The second-order valence-corrected chi connectivity index (χ2v) is 4.41. The highest BCUT2D eigenvalue weighted by Gasteiger charge is 2.17. The van der Waals surface area contributed by atoms with Crippen LogP contribution in [0.15, 0.2) is 12.1 Å². The molecule has 0 unspecified atom stereocenters. The van der Waals surface area contributed by atoms with Gasteiger partial charge in [0.05, 0.1) is 11.3 Å². The number of carbonyl (C=O) groups excluding carboxylic acids is 1. The van der Waals surface area contributed by atoms with Gasteiger partial charge in [-0.15, -0.1) is 0 Å². The number of aromatic carboxylic acids is 1. The molecule has 104 valence electrons. The molecule has 5 heteroatoms. The third kappa shape index (κ3) is 3.47. The molecular formula is C14H20N2O3. The van der Waals surface area contributed by atoms with Crippen LogP contribution in [0.5, 0.6) is 0 Å². The Bertz CT molecular complexity index is 494. The van der Waals surface area contributed by atoms with E-state index in [2.05, 4.69) is 5.32 Å². The van der Waals surface area contributed by atoms with Gasteiger partial charge < -0.3 is 15.3 Å². The smallest absolute Gasteiger partial charge is 0.337 e. The van der Waals surface area contributed by atoms with Crippen molar-refractivity contribution in [2.75, 3.05) is 18.4 Å². The van der Waals surface area contributed by atoms with Crippen molar-refractivity contribution in [3.63, 3.8) is 0 Å². The fraction of sp³-hybridized carbons (Fsp3) is 0.429. The number of hydrogen-bond acceptors (Lipinski definition) is 2. The lowest BCUT2D eigenvalue weighted by molar-refractivity contribution is 0.0698. The second-order valence-electron chi connectivity index (χ2n) is 4.41. The van der Waals surface area contributed by atoms with Crippen LogP contribution in [0, 0.1) is 13.8 Å². The van der Waals surface area contributed by atoms with Gasteiger partial charge in [-0.1, -0.05) is 6.07 Å². The van der Waals surface area contributed by atoms with E-state index in [1.54, 1.807) is 17.9 Å². The molecule has 0 radical (unpaired) electrons. The predicted octanol–water partition coefficient (Wildman–Crippen LogP) is 2.88. The van der Waals surface area contributed by atoms with E-state index in [0.29, 0.717) is 18.8 Å². The lowest BCUT2D eigenvalue weighted by atomic mass is 10.0. The van der Waals surface area contributed by atoms with Gasteiger partial charge in [0, 0.05) is 13.1 Å². The second kappa shape index (κ2) is 6.22. The molecule has 0 bridgehead atoms. The molecule has 0 aliphatic heterocycles. The molecule has 1 rings (SSSR count). The molecule has 0 aliphatic rings. The standard InChI is InChI=1S/C14H20N2O3/c1-5-16(6-2)14(19)15-12-10(4)7-9(3)8-11(12)13(17)18/h7-8H,5-6H2,1-4H3,(H,15,19)(H,17,18). The molecule has 1 aromatic carbocycles. The van der Waals surface area contributed by atoms with Crippen molar-refractivity contribution >= 4 is 17.7 Å². The normalized spacial score (nSPS) is 10.1. The summed E-state index contributed by atoms with van der Waals surface area (Å²) >= 11 is 0. The lowest BCUT2D eigenvalue weighted by Crippen LogP contribution is -2.35. The highest BCUT2D eigenvalue weighted by Crippen LogP contribution is 2.23. The Morgan fingerprint density at radius 1 is 1.21 bits per heavy atom. The summed E-state index contributed by atoms with van der Waals surface area (Å²) in [6.45, 7) is 8.53. The van der Waals surface area contributed by atoms with Gasteiger partial charge in [0.2, 0.25) is 0 Å². The van der Waals surface area contributed by atoms with Crippen molar-refractivity contribution in [1.82, 2.24) is 4.90 Å². The monoisotopic (exact) mass is 264 g/mol. The summed E-state index contributed by atoms with van der Waals surface area (Å²) in [6, 6.07) is 3.14. The minimum absolute atomic E-state index is 0.123. The first kappa shape index (κ1) is 15.0. The van der Waals surface area contributed by atoms with E-state index in [-0.39, 0.29) is 11.6 Å². The van der Waals surface area contributed by atoms with E-state index in [9.17, 15) is 14.7 Å². The van der Waals surface area contributed by atoms with Crippen molar-refractivity contribution in [2.24, 2.45) is 0 Å². The number of amides is 2. The number of nitrogens with one attached hydrogen (secondary N) is 1. The number of carbonyl (C=O) groups is 2. The summed E-state index contributed by atoms with van der Waals surface area (Å²) in [6.07, 6.45) is 0. The molecule has 0 atom stereocenters.